The fourth-order valence-corrected chi connectivity index (χ4v) is 5.47. The first kappa shape index (κ1) is 19.1. The minimum absolute atomic E-state index is 0.207. The van der Waals surface area contributed by atoms with Crippen molar-refractivity contribution in [1.29, 1.82) is 0 Å². The molecule has 0 unspecified atom stereocenters. The van der Waals surface area contributed by atoms with Crippen LogP contribution in [0.2, 0.25) is 0 Å². The third-order valence-corrected chi connectivity index (χ3v) is 7.21. The number of likely N-dealkylation sites (tertiary alicyclic amines) is 1. The number of hydrogen-bond acceptors (Lipinski definition) is 6. The molecule has 1 amide bonds. The van der Waals surface area contributed by atoms with Crippen molar-refractivity contribution < 1.29 is 4.79 Å². The zero-order chi connectivity index (χ0) is 20.7. The van der Waals surface area contributed by atoms with E-state index in [1.165, 1.54) is 11.0 Å². The van der Waals surface area contributed by atoms with Crippen molar-refractivity contribution in [3.63, 3.8) is 0 Å². The molecular weight excluding hydrogens is 396 g/mol. The van der Waals surface area contributed by atoms with Crippen LogP contribution < -0.4 is 0 Å². The predicted molar refractivity (Wildman–Crippen MR) is 117 cm³/mol. The number of amides is 1. The molecule has 1 saturated heterocycles. The van der Waals surface area contributed by atoms with Crippen molar-refractivity contribution in [2.75, 3.05) is 13.1 Å². The number of hydrogen-bond donors (Lipinski definition) is 0. The second-order valence-electron chi connectivity index (χ2n) is 7.93. The number of aryl methyl sites for hydroxylation is 2. The first-order chi connectivity index (χ1) is 14.6. The molecule has 0 saturated carbocycles. The van der Waals surface area contributed by atoms with Crippen molar-refractivity contribution in [3.8, 4) is 0 Å². The molecule has 4 heterocycles. The topological polar surface area (TPSA) is 76.3 Å². The second kappa shape index (κ2) is 7.75. The van der Waals surface area contributed by atoms with Crippen LogP contribution in [0.5, 0.6) is 0 Å². The van der Waals surface area contributed by atoms with Gasteiger partial charge in [0, 0.05) is 36.8 Å². The summed E-state index contributed by atoms with van der Waals surface area (Å²) >= 11 is 1.76. The summed E-state index contributed by atoms with van der Waals surface area (Å²) in [7, 11) is 0. The molecule has 1 aliphatic heterocycles. The van der Waals surface area contributed by atoms with Gasteiger partial charge < -0.3 is 4.90 Å². The van der Waals surface area contributed by atoms with Gasteiger partial charge in [-0.3, -0.25) is 4.79 Å². The molecule has 7 nitrogen and oxygen atoms in total. The minimum Gasteiger partial charge on any atom is -0.342 e. The number of carbonyl (C=O) groups is 1. The zero-order valence-corrected chi connectivity index (χ0v) is 18.0. The lowest BCUT2D eigenvalue weighted by atomic mass is 9.98. The van der Waals surface area contributed by atoms with Crippen LogP contribution in [0.1, 0.15) is 47.1 Å². The monoisotopic (exact) mass is 420 g/mol. The Bertz CT molecular complexity index is 1200. The van der Waals surface area contributed by atoms with Gasteiger partial charge in [-0.2, -0.15) is 10.1 Å². The number of rotatable bonds is 4. The summed E-state index contributed by atoms with van der Waals surface area (Å²) in [6.07, 6.45) is 4.78. The van der Waals surface area contributed by atoms with E-state index in [-0.39, 0.29) is 5.91 Å². The lowest BCUT2D eigenvalue weighted by molar-refractivity contribution is -0.132. The molecule has 0 aliphatic carbocycles. The Hall–Kier alpha value is -2.87. The second-order valence-corrected chi connectivity index (χ2v) is 8.99. The number of para-hydroxylation sites is 1. The molecular formula is C22H24N6OS. The molecule has 1 aromatic carbocycles. The molecule has 0 radical (unpaired) electrons. The number of aromatic nitrogens is 5. The Morgan fingerprint density at radius 3 is 2.97 bits per heavy atom. The highest BCUT2D eigenvalue weighted by Gasteiger charge is 2.27. The fourth-order valence-electron chi connectivity index (χ4n) is 4.38. The molecule has 4 aromatic rings. The van der Waals surface area contributed by atoms with Crippen LogP contribution in [0.15, 0.2) is 30.6 Å². The quantitative estimate of drug-likeness (QED) is 0.503. The van der Waals surface area contributed by atoms with E-state index in [0.29, 0.717) is 24.5 Å². The van der Waals surface area contributed by atoms with E-state index in [0.717, 1.165) is 53.4 Å². The van der Waals surface area contributed by atoms with Gasteiger partial charge in [-0.1, -0.05) is 12.1 Å². The number of benzene rings is 1. The molecule has 3 aromatic heterocycles. The highest BCUT2D eigenvalue weighted by atomic mass is 32.1. The normalized spacial score (nSPS) is 17.1. The number of fused-ring (bicyclic) bond motifs is 2. The lowest BCUT2D eigenvalue weighted by Gasteiger charge is -2.32. The van der Waals surface area contributed by atoms with Gasteiger partial charge in [0.1, 0.15) is 6.33 Å². The van der Waals surface area contributed by atoms with Gasteiger partial charge in [-0.25, -0.2) is 14.5 Å². The average molecular weight is 421 g/mol. The number of piperidine rings is 1. The van der Waals surface area contributed by atoms with Gasteiger partial charge in [0.15, 0.2) is 0 Å². The Morgan fingerprint density at radius 2 is 2.10 bits per heavy atom. The van der Waals surface area contributed by atoms with Crippen molar-refractivity contribution >= 4 is 33.2 Å². The van der Waals surface area contributed by atoms with Gasteiger partial charge in [-0.15, -0.1) is 11.3 Å². The van der Waals surface area contributed by atoms with Gasteiger partial charge in [0.05, 0.1) is 15.2 Å². The maximum absolute atomic E-state index is 13.0. The smallest absolute Gasteiger partial charge is 0.252 e. The van der Waals surface area contributed by atoms with E-state index < -0.39 is 0 Å². The van der Waals surface area contributed by atoms with Gasteiger partial charge in [-0.05, 0) is 50.8 Å². The zero-order valence-electron chi connectivity index (χ0n) is 17.2. The molecule has 1 fully saturated rings. The molecule has 0 bridgehead atoms. The summed E-state index contributed by atoms with van der Waals surface area (Å²) in [5, 5.41) is 5.39. The van der Waals surface area contributed by atoms with Crippen LogP contribution in [-0.2, 0) is 11.2 Å². The number of nitrogens with zero attached hydrogens (tertiary/aromatic N) is 6. The van der Waals surface area contributed by atoms with Crippen molar-refractivity contribution in [2.45, 2.75) is 45.4 Å². The molecule has 8 heteroatoms. The predicted octanol–water partition coefficient (Wildman–Crippen LogP) is 3.69. The number of carbonyl (C=O) groups excluding carboxylic acids is 1. The van der Waals surface area contributed by atoms with Crippen LogP contribution in [0.4, 0.5) is 0 Å². The van der Waals surface area contributed by atoms with Crippen LogP contribution in [0.3, 0.4) is 0 Å². The van der Waals surface area contributed by atoms with E-state index in [4.69, 9.17) is 4.98 Å². The molecule has 1 atom stereocenters. The number of thiazole rings is 1. The van der Waals surface area contributed by atoms with Gasteiger partial charge in [0.25, 0.3) is 5.78 Å². The molecule has 154 valence electrons. The minimum atomic E-state index is 0.207. The molecule has 5 rings (SSSR count). The van der Waals surface area contributed by atoms with E-state index in [2.05, 4.69) is 33.3 Å². The summed E-state index contributed by atoms with van der Waals surface area (Å²) in [6.45, 7) is 5.58. The van der Waals surface area contributed by atoms with E-state index in [1.807, 2.05) is 24.8 Å². The van der Waals surface area contributed by atoms with Crippen LogP contribution in [0, 0.1) is 13.8 Å². The summed E-state index contributed by atoms with van der Waals surface area (Å²) in [5.74, 6) is 1.14. The standard InChI is InChI=1S/C22H24N6OS/c1-14-17(15(2)28-22(25-14)23-13-24-28)9-10-20(29)27-11-5-6-16(12-27)21-26-18-7-3-4-8-19(18)30-21/h3-4,7-8,13,16H,5-6,9-12H2,1-2H3/t16-/m1/s1. The molecule has 30 heavy (non-hydrogen) atoms. The van der Waals surface area contributed by atoms with E-state index in [9.17, 15) is 4.79 Å². The first-order valence-electron chi connectivity index (χ1n) is 10.4. The van der Waals surface area contributed by atoms with Crippen LogP contribution in [-0.4, -0.2) is 48.5 Å². The first-order valence-corrected chi connectivity index (χ1v) is 11.2. The lowest BCUT2D eigenvalue weighted by Crippen LogP contribution is -2.39. The van der Waals surface area contributed by atoms with E-state index >= 15 is 0 Å². The van der Waals surface area contributed by atoms with Gasteiger partial charge in [0.2, 0.25) is 5.91 Å². The Morgan fingerprint density at radius 1 is 1.23 bits per heavy atom. The average Bonchev–Trinajstić information content (AvgIpc) is 3.40. The third-order valence-electron chi connectivity index (χ3n) is 6.01. The Kier molecular flexibility index (Phi) is 4.94. The van der Waals surface area contributed by atoms with Crippen molar-refractivity contribution in [3.05, 3.63) is 52.6 Å². The summed E-state index contributed by atoms with van der Waals surface area (Å²) in [4.78, 5) is 28.5. The maximum Gasteiger partial charge on any atom is 0.252 e. The van der Waals surface area contributed by atoms with E-state index in [1.54, 1.807) is 15.9 Å². The Labute approximate surface area is 178 Å². The largest absolute Gasteiger partial charge is 0.342 e. The molecule has 1 aliphatic rings. The maximum atomic E-state index is 13.0. The summed E-state index contributed by atoms with van der Waals surface area (Å²) < 4.78 is 2.97. The highest BCUT2D eigenvalue weighted by Crippen LogP contribution is 2.33. The van der Waals surface area contributed by atoms with Crippen molar-refractivity contribution in [2.24, 2.45) is 0 Å². The summed E-state index contributed by atoms with van der Waals surface area (Å²) in [5.41, 5.74) is 4.07. The molecule has 0 spiro atoms. The van der Waals surface area contributed by atoms with Crippen LogP contribution >= 0.6 is 11.3 Å². The van der Waals surface area contributed by atoms with Gasteiger partial charge >= 0.3 is 0 Å². The fraction of sp³-hybridized carbons (Fsp3) is 0.409. The Balaban J connectivity index is 1.28. The van der Waals surface area contributed by atoms with Crippen LogP contribution in [0.25, 0.3) is 16.0 Å². The third kappa shape index (κ3) is 3.45. The molecule has 0 N–H and O–H groups in total. The SMILES string of the molecule is Cc1nc2ncnn2c(C)c1CCC(=O)N1CCC[C@@H](c2nc3ccccc3s2)C1. The highest BCUT2D eigenvalue weighted by molar-refractivity contribution is 7.18. The van der Waals surface area contributed by atoms with Crippen molar-refractivity contribution in [1.82, 2.24) is 29.5 Å². The summed E-state index contributed by atoms with van der Waals surface area (Å²) in [6, 6.07) is 8.26.